The van der Waals surface area contributed by atoms with Gasteiger partial charge < -0.3 is 9.84 Å². The molecular formula is C15H15BrN2O3. The fourth-order valence-electron chi connectivity index (χ4n) is 1.74. The van der Waals surface area contributed by atoms with Crippen LogP contribution in [0, 0.1) is 0 Å². The molecule has 0 fully saturated rings. The van der Waals surface area contributed by atoms with Crippen LogP contribution in [-0.2, 0) is 13.2 Å². The molecule has 21 heavy (non-hydrogen) atoms. The van der Waals surface area contributed by atoms with Gasteiger partial charge in [-0.05, 0) is 29.8 Å². The molecule has 0 saturated carbocycles. The zero-order valence-electron chi connectivity index (χ0n) is 11.2. The largest absolute Gasteiger partial charge is 0.489 e. The van der Waals surface area contributed by atoms with E-state index >= 15 is 0 Å². The standard InChI is InChI=1S/C15H15BrN2O3/c16-14-7-11(15(20)18-17)3-4-12(14)9-21-13-5-1-10(8-19)2-6-13/h1-7,19H,8-9,17H2,(H,18,20). The molecule has 6 heteroatoms. The lowest BCUT2D eigenvalue weighted by molar-refractivity contribution is 0.0953. The lowest BCUT2D eigenvalue weighted by Gasteiger charge is -2.09. The molecule has 0 bridgehead atoms. The van der Waals surface area contributed by atoms with Crippen LogP contribution in [0.2, 0.25) is 0 Å². The number of carbonyl (C=O) groups excluding carboxylic acids is 1. The maximum absolute atomic E-state index is 11.4. The van der Waals surface area contributed by atoms with E-state index in [0.29, 0.717) is 17.9 Å². The van der Waals surface area contributed by atoms with Crippen LogP contribution in [-0.4, -0.2) is 11.0 Å². The molecule has 1 amide bonds. The lowest BCUT2D eigenvalue weighted by atomic mass is 10.1. The highest BCUT2D eigenvalue weighted by atomic mass is 79.9. The van der Waals surface area contributed by atoms with Gasteiger partial charge in [0.05, 0.1) is 6.61 Å². The van der Waals surface area contributed by atoms with Gasteiger partial charge >= 0.3 is 0 Å². The van der Waals surface area contributed by atoms with Gasteiger partial charge in [0, 0.05) is 15.6 Å². The van der Waals surface area contributed by atoms with E-state index in [0.717, 1.165) is 15.6 Å². The van der Waals surface area contributed by atoms with Crippen LogP contribution in [0.5, 0.6) is 5.75 Å². The molecule has 0 aliphatic heterocycles. The molecular weight excluding hydrogens is 336 g/mol. The summed E-state index contributed by atoms with van der Waals surface area (Å²) < 4.78 is 6.44. The second-order valence-corrected chi connectivity index (χ2v) is 5.22. The molecule has 0 aliphatic rings. The van der Waals surface area contributed by atoms with Gasteiger partial charge in [-0.25, -0.2) is 5.84 Å². The van der Waals surface area contributed by atoms with E-state index in [-0.39, 0.29) is 12.5 Å². The Balaban J connectivity index is 2.04. The Morgan fingerprint density at radius 1 is 1.24 bits per heavy atom. The predicted molar refractivity (Wildman–Crippen MR) is 82.5 cm³/mol. The van der Waals surface area contributed by atoms with Crippen LogP contribution in [0.15, 0.2) is 46.9 Å². The minimum atomic E-state index is -0.345. The molecule has 0 radical (unpaired) electrons. The minimum absolute atomic E-state index is 0.0104. The number of nitrogen functional groups attached to an aromatic ring is 1. The van der Waals surface area contributed by atoms with E-state index in [4.69, 9.17) is 15.7 Å². The van der Waals surface area contributed by atoms with Gasteiger partial charge in [-0.2, -0.15) is 0 Å². The van der Waals surface area contributed by atoms with E-state index < -0.39 is 0 Å². The minimum Gasteiger partial charge on any atom is -0.489 e. The highest BCUT2D eigenvalue weighted by molar-refractivity contribution is 9.10. The molecule has 2 aromatic carbocycles. The number of rotatable bonds is 5. The monoisotopic (exact) mass is 350 g/mol. The first kappa shape index (κ1) is 15.5. The number of aliphatic hydroxyl groups excluding tert-OH is 1. The Bertz CT molecular complexity index is 629. The Hall–Kier alpha value is -1.89. The van der Waals surface area contributed by atoms with E-state index in [1.165, 1.54) is 0 Å². The average Bonchev–Trinajstić information content (AvgIpc) is 2.53. The first-order valence-electron chi connectivity index (χ1n) is 6.26. The summed E-state index contributed by atoms with van der Waals surface area (Å²) in [4.78, 5) is 11.4. The van der Waals surface area contributed by atoms with Crippen molar-refractivity contribution in [2.75, 3.05) is 0 Å². The SMILES string of the molecule is NNC(=O)c1ccc(COc2ccc(CO)cc2)c(Br)c1. The van der Waals surface area contributed by atoms with Crippen LogP contribution in [0.25, 0.3) is 0 Å². The normalized spacial score (nSPS) is 10.2. The van der Waals surface area contributed by atoms with Crippen LogP contribution in [0.3, 0.4) is 0 Å². The zero-order chi connectivity index (χ0) is 15.2. The summed E-state index contributed by atoms with van der Waals surface area (Å²) in [5.74, 6) is 5.46. The van der Waals surface area contributed by atoms with Gasteiger partial charge in [-0.3, -0.25) is 10.2 Å². The maximum atomic E-state index is 11.4. The molecule has 2 aromatic rings. The van der Waals surface area contributed by atoms with Crippen molar-refractivity contribution in [3.63, 3.8) is 0 Å². The number of halogens is 1. The molecule has 2 rings (SSSR count). The molecule has 5 nitrogen and oxygen atoms in total. The van der Waals surface area contributed by atoms with Crippen molar-refractivity contribution in [2.45, 2.75) is 13.2 Å². The summed E-state index contributed by atoms with van der Waals surface area (Å²) in [6.45, 7) is 0.375. The Morgan fingerprint density at radius 2 is 1.95 bits per heavy atom. The molecule has 110 valence electrons. The molecule has 0 aromatic heterocycles. The second kappa shape index (κ2) is 7.21. The highest BCUT2D eigenvalue weighted by Crippen LogP contribution is 2.21. The van der Waals surface area contributed by atoms with Crippen LogP contribution >= 0.6 is 15.9 Å². The summed E-state index contributed by atoms with van der Waals surface area (Å²) in [6, 6.07) is 12.4. The Labute approximate surface area is 130 Å². The third-order valence-electron chi connectivity index (χ3n) is 2.95. The summed E-state index contributed by atoms with van der Waals surface area (Å²) in [7, 11) is 0. The van der Waals surface area contributed by atoms with Crippen LogP contribution in [0.1, 0.15) is 21.5 Å². The lowest BCUT2D eigenvalue weighted by Crippen LogP contribution is -2.29. The molecule has 0 aliphatic carbocycles. The number of benzene rings is 2. The Morgan fingerprint density at radius 3 is 2.52 bits per heavy atom. The van der Waals surface area contributed by atoms with Crippen LogP contribution in [0.4, 0.5) is 0 Å². The number of hydrogen-bond donors (Lipinski definition) is 3. The number of amides is 1. The fourth-order valence-corrected chi connectivity index (χ4v) is 2.23. The number of ether oxygens (including phenoxy) is 1. The Kier molecular flexibility index (Phi) is 5.32. The average molecular weight is 351 g/mol. The maximum Gasteiger partial charge on any atom is 0.265 e. The fraction of sp³-hybridized carbons (Fsp3) is 0.133. The van der Waals surface area contributed by atoms with Gasteiger partial charge in [-0.1, -0.05) is 34.1 Å². The predicted octanol–water partition coefficient (Wildman–Crippen LogP) is 2.12. The topological polar surface area (TPSA) is 84.6 Å². The third-order valence-corrected chi connectivity index (χ3v) is 3.68. The van der Waals surface area contributed by atoms with Gasteiger partial charge in [0.15, 0.2) is 0 Å². The number of nitrogens with one attached hydrogen (secondary N) is 1. The first-order chi connectivity index (χ1) is 10.1. The van der Waals surface area contributed by atoms with E-state index in [1.807, 2.05) is 0 Å². The van der Waals surface area contributed by atoms with Crippen molar-refractivity contribution in [3.8, 4) is 5.75 Å². The van der Waals surface area contributed by atoms with E-state index in [2.05, 4.69) is 21.4 Å². The van der Waals surface area contributed by atoms with Gasteiger partial charge in [-0.15, -0.1) is 0 Å². The first-order valence-corrected chi connectivity index (χ1v) is 7.05. The summed E-state index contributed by atoms with van der Waals surface area (Å²) in [5.41, 5.74) is 4.30. The quantitative estimate of drug-likeness (QED) is 0.438. The van der Waals surface area contributed by atoms with Crippen LogP contribution < -0.4 is 16.0 Å². The number of nitrogens with two attached hydrogens (primary N) is 1. The number of hydrazine groups is 1. The highest BCUT2D eigenvalue weighted by Gasteiger charge is 2.07. The molecule has 0 saturated heterocycles. The smallest absolute Gasteiger partial charge is 0.265 e. The van der Waals surface area contributed by atoms with Gasteiger partial charge in [0.25, 0.3) is 5.91 Å². The summed E-state index contributed by atoms with van der Waals surface area (Å²) >= 11 is 3.41. The molecule has 0 atom stereocenters. The molecule has 4 N–H and O–H groups in total. The van der Waals surface area contributed by atoms with Crippen molar-refractivity contribution in [3.05, 3.63) is 63.6 Å². The number of carbonyl (C=O) groups is 1. The van der Waals surface area contributed by atoms with Crippen molar-refractivity contribution in [2.24, 2.45) is 5.84 Å². The third kappa shape index (κ3) is 4.04. The van der Waals surface area contributed by atoms with Crippen molar-refractivity contribution in [1.82, 2.24) is 5.43 Å². The molecule has 0 heterocycles. The van der Waals surface area contributed by atoms with Crippen molar-refractivity contribution >= 4 is 21.8 Å². The molecule has 0 unspecified atom stereocenters. The summed E-state index contributed by atoms with van der Waals surface area (Å²) in [5, 5.41) is 8.98. The van der Waals surface area contributed by atoms with Crippen molar-refractivity contribution in [1.29, 1.82) is 0 Å². The van der Waals surface area contributed by atoms with Gasteiger partial charge in [0.1, 0.15) is 12.4 Å². The van der Waals surface area contributed by atoms with Gasteiger partial charge in [0.2, 0.25) is 0 Å². The van der Waals surface area contributed by atoms with E-state index in [9.17, 15) is 4.79 Å². The number of hydrogen-bond acceptors (Lipinski definition) is 4. The molecule has 0 spiro atoms. The second-order valence-electron chi connectivity index (χ2n) is 4.37. The van der Waals surface area contributed by atoms with E-state index in [1.54, 1.807) is 42.5 Å². The van der Waals surface area contributed by atoms with Crippen molar-refractivity contribution < 1.29 is 14.6 Å². The zero-order valence-corrected chi connectivity index (χ0v) is 12.8. The number of aliphatic hydroxyl groups is 1. The summed E-state index contributed by atoms with van der Waals surface area (Å²) in [6.07, 6.45) is 0.